The van der Waals surface area contributed by atoms with E-state index in [9.17, 15) is 4.79 Å². The third-order valence-corrected chi connectivity index (χ3v) is 4.56. The molecule has 0 saturated heterocycles. The van der Waals surface area contributed by atoms with E-state index in [1.807, 2.05) is 40.7 Å². The Hall–Kier alpha value is -3.39. The fourth-order valence-electron chi connectivity index (χ4n) is 3.07. The Balaban J connectivity index is 1.82. The van der Waals surface area contributed by atoms with Crippen LogP contribution in [0.4, 0.5) is 5.82 Å². The average molecular weight is 456 g/mol. The number of benzene rings is 1. The Bertz CT molecular complexity index is 1150. The number of amides is 1. The molecule has 0 aliphatic carbocycles. The molecular weight excluding hydrogens is 430 g/mol. The molecule has 3 rings (SSSR count). The van der Waals surface area contributed by atoms with Crippen molar-refractivity contribution in [2.45, 2.75) is 40.7 Å². The van der Waals surface area contributed by atoms with E-state index >= 15 is 0 Å². The summed E-state index contributed by atoms with van der Waals surface area (Å²) in [7, 11) is 1.54. The smallest absolute Gasteiger partial charge is 0.252 e. The molecule has 2 aromatic heterocycles. The van der Waals surface area contributed by atoms with Gasteiger partial charge in [0.15, 0.2) is 11.5 Å². The Morgan fingerprint density at radius 2 is 1.78 bits per heavy atom. The molecule has 2 heterocycles. The minimum atomic E-state index is -0.340. The molecule has 0 unspecified atom stereocenters. The molecule has 168 valence electrons. The number of anilines is 1. The summed E-state index contributed by atoms with van der Waals surface area (Å²) in [6.45, 7) is 9.41. The maximum atomic E-state index is 12.6. The average Bonchev–Trinajstić information content (AvgIpc) is 3.07. The fourth-order valence-corrected chi connectivity index (χ4v) is 3.33. The number of aryl methyl sites for hydroxylation is 3. The zero-order valence-electron chi connectivity index (χ0n) is 18.9. The van der Waals surface area contributed by atoms with Gasteiger partial charge >= 0.3 is 0 Å². The first-order valence-corrected chi connectivity index (χ1v) is 10.5. The van der Waals surface area contributed by atoms with Gasteiger partial charge in [0.1, 0.15) is 5.82 Å². The second kappa shape index (κ2) is 9.82. The summed E-state index contributed by atoms with van der Waals surface area (Å²) in [6.07, 6.45) is 3.00. The van der Waals surface area contributed by atoms with Gasteiger partial charge < -0.3 is 14.8 Å². The van der Waals surface area contributed by atoms with Gasteiger partial charge in [0, 0.05) is 23.5 Å². The van der Waals surface area contributed by atoms with Crippen LogP contribution in [-0.2, 0) is 4.79 Å². The van der Waals surface area contributed by atoms with Crippen molar-refractivity contribution in [3.8, 4) is 17.4 Å². The summed E-state index contributed by atoms with van der Waals surface area (Å²) >= 11 is 6.35. The number of halogens is 1. The molecule has 9 heteroatoms. The van der Waals surface area contributed by atoms with Crippen molar-refractivity contribution in [3.05, 3.63) is 58.0 Å². The van der Waals surface area contributed by atoms with Crippen LogP contribution in [0, 0.1) is 20.8 Å². The Kier molecular flexibility index (Phi) is 7.15. The highest BCUT2D eigenvalue weighted by atomic mass is 35.5. The van der Waals surface area contributed by atoms with Crippen LogP contribution >= 0.6 is 11.6 Å². The highest BCUT2D eigenvalue weighted by Crippen LogP contribution is 2.37. The molecule has 0 aliphatic rings. The molecule has 0 aliphatic heterocycles. The summed E-state index contributed by atoms with van der Waals surface area (Å²) in [5, 5.41) is 7.63. The predicted molar refractivity (Wildman–Crippen MR) is 125 cm³/mol. The number of hydrogen-bond acceptors (Lipinski definition) is 6. The number of nitrogens with one attached hydrogen (secondary N) is 1. The lowest BCUT2D eigenvalue weighted by molar-refractivity contribution is -0.111. The van der Waals surface area contributed by atoms with Crippen LogP contribution in [0.5, 0.6) is 11.5 Å². The highest BCUT2D eigenvalue weighted by Gasteiger charge is 2.14. The van der Waals surface area contributed by atoms with Crippen molar-refractivity contribution in [1.82, 2.24) is 19.7 Å². The van der Waals surface area contributed by atoms with E-state index in [-0.39, 0.29) is 12.0 Å². The molecule has 0 fully saturated rings. The van der Waals surface area contributed by atoms with Crippen LogP contribution in [-0.4, -0.2) is 38.9 Å². The molecule has 0 radical (unpaired) electrons. The van der Waals surface area contributed by atoms with Gasteiger partial charge in [-0.05, 0) is 64.5 Å². The number of aromatic nitrogens is 4. The van der Waals surface area contributed by atoms with Gasteiger partial charge in [-0.3, -0.25) is 4.79 Å². The van der Waals surface area contributed by atoms with Crippen molar-refractivity contribution in [3.63, 3.8) is 0 Å². The second-order valence-corrected chi connectivity index (χ2v) is 7.96. The number of carbonyl (C=O) groups is 1. The number of nitrogens with zero attached hydrogens (tertiary/aromatic N) is 4. The number of ether oxygens (including phenoxy) is 2. The second-order valence-electron chi connectivity index (χ2n) is 7.56. The lowest BCUT2D eigenvalue weighted by atomic mass is 10.2. The van der Waals surface area contributed by atoms with Crippen molar-refractivity contribution in [1.29, 1.82) is 0 Å². The van der Waals surface area contributed by atoms with Gasteiger partial charge in [-0.2, -0.15) is 9.78 Å². The molecule has 1 N–H and O–H groups in total. The van der Waals surface area contributed by atoms with Crippen LogP contribution < -0.4 is 14.8 Å². The van der Waals surface area contributed by atoms with Crippen LogP contribution in [0.2, 0.25) is 5.02 Å². The normalized spacial score (nSPS) is 11.2. The van der Waals surface area contributed by atoms with E-state index in [1.54, 1.807) is 24.3 Å². The molecule has 1 aromatic carbocycles. The summed E-state index contributed by atoms with van der Waals surface area (Å²) in [6, 6.07) is 7.09. The molecule has 1 amide bonds. The maximum Gasteiger partial charge on any atom is 0.252 e. The number of carbonyl (C=O) groups excluding carboxylic acids is 1. The first kappa shape index (κ1) is 23.3. The van der Waals surface area contributed by atoms with Gasteiger partial charge in [-0.15, -0.1) is 0 Å². The van der Waals surface area contributed by atoms with Gasteiger partial charge in [0.25, 0.3) is 5.95 Å². The SMILES string of the molecule is COc1cc(/C=C/C(=O)Nc2cc(C)nn2-c2nc(C)cc(C)n2)cc(Cl)c1OC(C)C. The van der Waals surface area contributed by atoms with E-state index in [0.29, 0.717) is 33.9 Å². The summed E-state index contributed by atoms with van der Waals surface area (Å²) < 4.78 is 12.6. The Morgan fingerprint density at radius 1 is 1.09 bits per heavy atom. The fraction of sp³-hybridized carbons (Fsp3) is 0.304. The zero-order chi connectivity index (χ0) is 23.4. The molecule has 8 nitrogen and oxygen atoms in total. The monoisotopic (exact) mass is 455 g/mol. The van der Waals surface area contributed by atoms with E-state index in [4.69, 9.17) is 21.1 Å². The number of methoxy groups -OCH3 is 1. The van der Waals surface area contributed by atoms with E-state index in [1.165, 1.54) is 17.9 Å². The quantitative estimate of drug-likeness (QED) is 0.520. The zero-order valence-corrected chi connectivity index (χ0v) is 19.7. The summed E-state index contributed by atoms with van der Waals surface area (Å²) in [5.41, 5.74) is 3.05. The molecule has 3 aromatic rings. The molecule has 0 spiro atoms. The van der Waals surface area contributed by atoms with Crippen LogP contribution in [0.15, 0.2) is 30.3 Å². The van der Waals surface area contributed by atoms with Crippen LogP contribution in [0.1, 0.15) is 36.5 Å². The minimum Gasteiger partial charge on any atom is -0.493 e. The Labute approximate surface area is 192 Å². The number of rotatable bonds is 7. The molecule has 0 bridgehead atoms. The molecular formula is C23H26ClN5O3. The van der Waals surface area contributed by atoms with E-state index in [2.05, 4.69) is 20.4 Å². The summed E-state index contributed by atoms with van der Waals surface area (Å²) in [5.74, 6) is 1.49. The summed E-state index contributed by atoms with van der Waals surface area (Å²) in [4.78, 5) is 21.4. The first-order chi connectivity index (χ1) is 15.2. The Morgan fingerprint density at radius 3 is 2.41 bits per heavy atom. The van der Waals surface area contributed by atoms with Crippen LogP contribution in [0.3, 0.4) is 0 Å². The molecule has 0 saturated carbocycles. The van der Waals surface area contributed by atoms with E-state index < -0.39 is 0 Å². The third-order valence-electron chi connectivity index (χ3n) is 4.28. The highest BCUT2D eigenvalue weighted by molar-refractivity contribution is 6.32. The van der Waals surface area contributed by atoms with Crippen molar-refractivity contribution in [2.24, 2.45) is 0 Å². The van der Waals surface area contributed by atoms with Crippen LogP contribution in [0.25, 0.3) is 12.0 Å². The topological polar surface area (TPSA) is 91.2 Å². The van der Waals surface area contributed by atoms with Crippen molar-refractivity contribution < 1.29 is 14.3 Å². The molecule has 32 heavy (non-hydrogen) atoms. The molecule has 0 atom stereocenters. The van der Waals surface area contributed by atoms with Gasteiger partial charge in [0.2, 0.25) is 5.91 Å². The number of hydrogen-bond donors (Lipinski definition) is 1. The van der Waals surface area contributed by atoms with E-state index in [0.717, 1.165) is 17.1 Å². The standard InChI is InChI=1S/C23H26ClN5O3/c1-13(2)32-22-18(24)11-17(12-19(22)31-6)7-8-21(30)27-20-10-16(5)28-29(20)23-25-14(3)9-15(4)26-23/h7-13H,1-6H3,(H,27,30)/b8-7+. The maximum absolute atomic E-state index is 12.6. The van der Waals surface area contributed by atoms with Gasteiger partial charge in [-0.25, -0.2) is 9.97 Å². The van der Waals surface area contributed by atoms with Gasteiger partial charge in [-0.1, -0.05) is 11.6 Å². The lowest BCUT2D eigenvalue weighted by Gasteiger charge is -2.15. The predicted octanol–water partition coefficient (Wildman–Crippen LogP) is 4.69. The van der Waals surface area contributed by atoms with Crippen molar-refractivity contribution >= 4 is 29.4 Å². The minimum absolute atomic E-state index is 0.0527. The van der Waals surface area contributed by atoms with Gasteiger partial charge in [0.05, 0.1) is 23.9 Å². The largest absolute Gasteiger partial charge is 0.493 e. The third kappa shape index (κ3) is 5.64. The first-order valence-electron chi connectivity index (χ1n) is 10.1. The van der Waals surface area contributed by atoms with Crippen molar-refractivity contribution in [2.75, 3.05) is 12.4 Å². The lowest BCUT2D eigenvalue weighted by Crippen LogP contribution is -2.14.